The fourth-order valence-electron chi connectivity index (χ4n) is 5.86. The Morgan fingerprint density at radius 1 is 1.14 bits per heavy atom. The molecule has 2 aliphatic carbocycles. The highest BCUT2D eigenvalue weighted by molar-refractivity contribution is 5.90. The summed E-state index contributed by atoms with van der Waals surface area (Å²) in [6.45, 7) is 0. The molecule has 28 heavy (non-hydrogen) atoms. The molecule has 2 saturated carbocycles. The zero-order valence-electron chi connectivity index (χ0n) is 15.6. The number of rotatable bonds is 3. The lowest BCUT2D eigenvalue weighted by atomic mass is 9.68. The number of methoxy groups -OCH3 is 1. The molecule has 2 aromatic carbocycles. The second-order valence-corrected chi connectivity index (χ2v) is 8.20. The first-order valence-corrected chi connectivity index (χ1v) is 9.80. The third-order valence-electron chi connectivity index (χ3n) is 6.97. The summed E-state index contributed by atoms with van der Waals surface area (Å²) in [5, 5.41) is 14.7. The summed E-state index contributed by atoms with van der Waals surface area (Å²) in [5.74, 6) is 1.85. The molecule has 1 aliphatic heterocycles. The van der Waals surface area contributed by atoms with Crippen LogP contribution in [-0.4, -0.2) is 18.0 Å². The van der Waals surface area contributed by atoms with Gasteiger partial charge in [-0.1, -0.05) is 12.1 Å². The number of ether oxygens (including phenoxy) is 1. The third-order valence-corrected chi connectivity index (χ3v) is 6.97. The van der Waals surface area contributed by atoms with E-state index in [1.165, 1.54) is 31.9 Å². The molecule has 2 fully saturated rings. The molecule has 144 valence electrons. The van der Waals surface area contributed by atoms with E-state index in [9.17, 15) is 14.9 Å². The number of carbonyl (C=O) groups excluding carboxylic acids is 1. The molecular formula is C22H22N2O4. The maximum Gasteiger partial charge on any atom is 0.337 e. The quantitative estimate of drug-likeness (QED) is 0.476. The fourth-order valence-corrected chi connectivity index (χ4v) is 5.86. The van der Waals surface area contributed by atoms with Crippen molar-refractivity contribution in [3.8, 4) is 0 Å². The van der Waals surface area contributed by atoms with Crippen LogP contribution in [0.1, 0.15) is 52.7 Å². The molecule has 0 amide bonds. The van der Waals surface area contributed by atoms with Crippen molar-refractivity contribution in [1.29, 1.82) is 0 Å². The molecule has 5 atom stereocenters. The number of nitro benzene ring substituents is 1. The molecule has 0 spiro atoms. The van der Waals surface area contributed by atoms with E-state index in [-0.39, 0.29) is 22.6 Å². The summed E-state index contributed by atoms with van der Waals surface area (Å²) in [6.07, 6.45) is 3.70. The van der Waals surface area contributed by atoms with Crippen molar-refractivity contribution in [2.75, 3.05) is 12.4 Å². The topological polar surface area (TPSA) is 81.5 Å². The van der Waals surface area contributed by atoms with Crippen molar-refractivity contribution in [2.24, 2.45) is 17.8 Å². The number of nitro groups is 1. The molecule has 2 aromatic rings. The molecule has 0 aromatic heterocycles. The van der Waals surface area contributed by atoms with E-state index in [2.05, 4.69) is 5.32 Å². The first-order chi connectivity index (χ1) is 13.6. The molecule has 0 radical (unpaired) electrons. The minimum absolute atomic E-state index is 0.118. The Hall–Kier alpha value is -2.89. The van der Waals surface area contributed by atoms with Gasteiger partial charge in [0.2, 0.25) is 0 Å². The van der Waals surface area contributed by atoms with Gasteiger partial charge in [0.15, 0.2) is 0 Å². The monoisotopic (exact) mass is 378 g/mol. The largest absolute Gasteiger partial charge is 0.465 e. The summed E-state index contributed by atoms with van der Waals surface area (Å²) in [7, 11) is 1.41. The number of hydrogen-bond donors (Lipinski definition) is 1. The van der Waals surface area contributed by atoms with Crippen molar-refractivity contribution in [2.45, 2.75) is 31.2 Å². The second-order valence-electron chi connectivity index (χ2n) is 8.20. The van der Waals surface area contributed by atoms with Gasteiger partial charge >= 0.3 is 5.97 Å². The minimum atomic E-state index is -0.359. The standard InChI is InChI=1S/C22H22N2O4/c1-28-22(25)15-6-9-18-17(11-15)19-13-2-3-14(10-13)20(19)21(23-18)12-4-7-16(8-5-12)24(26)27/h4-9,11,13-14,19-21,23H,2-3,10H2,1H3/t13-,14+,19-,20-,21?/m1/s1. The van der Waals surface area contributed by atoms with Crippen LogP contribution in [0, 0.1) is 27.9 Å². The van der Waals surface area contributed by atoms with Crippen LogP contribution in [0.15, 0.2) is 42.5 Å². The number of nitrogens with zero attached hydrogens (tertiary/aromatic N) is 1. The highest BCUT2D eigenvalue weighted by Crippen LogP contribution is 2.63. The van der Waals surface area contributed by atoms with Gasteiger partial charge in [0.1, 0.15) is 0 Å². The average molecular weight is 378 g/mol. The molecule has 5 rings (SSSR count). The van der Waals surface area contributed by atoms with E-state index >= 15 is 0 Å². The van der Waals surface area contributed by atoms with Gasteiger partial charge in [-0.05, 0) is 72.3 Å². The van der Waals surface area contributed by atoms with Crippen molar-refractivity contribution in [1.82, 2.24) is 0 Å². The van der Waals surface area contributed by atoms with Crippen LogP contribution >= 0.6 is 0 Å². The normalized spacial score (nSPS) is 29.5. The Morgan fingerprint density at radius 2 is 1.89 bits per heavy atom. The molecule has 3 aliphatic rings. The molecule has 0 saturated heterocycles. The summed E-state index contributed by atoms with van der Waals surface area (Å²) in [6, 6.07) is 12.9. The molecule has 2 bridgehead atoms. The number of non-ortho nitro benzene ring substituents is 1. The zero-order valence-corrected chi connectivity index (χ0v) is 15.6. The lowest BCUT2D eigenvalue weighted by Crippen LogP contribution is -2.35. The predicted molar refractivity (Wildman–Crippen MR) is 104 cm³/mol. The van der Waals surface area contributed by atoms with Crippen molar-refractivity contribution < 1.29 is 14.5 Å². The molecule has 6 nitrogen and oxygen atoms in total. The maximum absolute atomic E-state index is 12.0. The van der Waals surface area contributed by atoms with E-state index < -0.39 is 0 Å². The minimum Gasteiger partial charge on any atom is -0.465 e. The van der Waals surface area contributed by atoms with Gasteiger partial charge in [0, 0.05) is 17.8 Å². The van der Waals surface area contributed by atoms with E-state index in [1.807, 2.05) is 24.3 Å². The zero-order chi connectivity index (χ0) is 19.4. The van der Waals surface area contributed by atoms with Crippen molar-refractivity contribution in [3.63, 3.8) is 0 Å². The highest BCUT2D eigenvalue weighted by Gasteiger charge is 2.53. The lowest BCUT2D eigenvalue weighted by Gasteiger charge is -2.43. The SMILES string of the molecule is COC(=O)c1ccc2c(c1)[C@H]1[C@@H]3CC[C@@H](C3)[C@H]1C(c1ccc([N+](=O)[O-])cc1)N2. The Morgan fingerprint density at radius 3 is 2.61 bits per heavy atom. The van der Waals surface area contributed by atoms with Crippen LogP contribution in [-0.2, 0) is 4.74 Å². The second kappa shape index (κ2) is 6.33. The van der Waals surface area contributed by atoms with Gasteiger partial charge in [0.05, 0.1) is 23.6 Å². The molecule has 1 N–H and O–H groups in total. The van der Waals surface area contributed by atoms with Gasteiger partial charge in [-0.2, -0.15) is 0 Å². The summed E-state index contributed by atoms with van der Waals surface area (Å²) < 4.78 is 4.91. The number of esters is 1. The Balaban J connectivity index is 1.57. The number of fused-ring (bicyclic) bond motifs is 7. The van der Waals surface area contributed by atoms with E-state index in [0.29, 0.717) is 29.2 Å². The Bertz CT molecular complexity index is 956. The molecule has 6 heteroatoms. The first kappa shape index (κ1) is 17.2. The van der Waals surface area contributed by atoms with Gasteiger partial charge in [-0.25, -0.2) is 4.79 Å². The van der Waals surface area contributed by atoms with Crippen LogP contribution in [0.4, 0.5) is 11.4 Å². The van der Waals surface area contributed by atoms with Gasteiger partial charge < -0.3 is 10.1 Å². The third kappa shape index (κ3) is 2.51. The average Bonchev–Trinajstić information content (AvgIpc) is 3.35. The maximum atomic E-state index is 12.0. The smallest absolute Gasteiger partial charge is 0.337 e. The lowest BCUT2D eigenvalue weighted by molar-refractivity contribution is -0.384. The first-order valence-electron chi connectivity index (χ1n) is 9.80. The van der Waals surface area contributed by atoms with E-state index in [1.54, 1.807) is 18.2 Å². The number of benzene rings is 2. The van der Waals surface area contributed by atoms with Crippen LogP contribution in [0.2, 0.25) is 0 Å². The highest BCUT2D eigenvalue weighted by atomic mass is 16.6. The number of anilines is 1. The summed E-state index contributed by atoms with van der Waals surface area (Å²) in [4.78, 5) is 22.7. The van der Waals surface area contributed by atoms with Crippen LogP contribution in [0.25, 0.3) is 0 Å². The van der Waals surface area contributed by atoms with Crippen molar-refractivity contribution in [3.05, 3.63) is 69.3 Å². The van der Waals surface area contributed by atoms with E-state index in [0.717, 1.165) is 11.3 Å². The van der Waals surface area contributed by atoms with Gasteiger partial charge in [-0.15, -0.1) is 0 Å². The number of hydrogen-bond acceptors (Lipinski definition) is 5. The van der Waals surface area contributed by atoms with Crippen molar-refractivity contribution >= 4 is 17.3 Å². The van der Waals surface area contributed by atoms with Gasteiger partial charge in [0.25, 0.3) is 5.69 Å². The van der Waals surface area contributed by atoms with Gasteiger partial charge in [-0.3, -0.25) is 10.1 Å². The Kier molecular flexibility index (Phi) is 3.89. The molecule has 1 unspecified atom stereocenters. The Labute approximate surface area is 163 Å². The number of carbonyl (C=O) groups is 1. The fraction of sp³-hybridized carbons (Fsp3) is 0.409. The van der Waals surface area contributed by atoms with Crippen LogP contribution in [0.5, 0.6) is 0 Å². The van der Waals surface area contributed by atoms with Crippen LogP contribution in [0.3, 0.4) is 0 Å². The molecule has 1 heterocycles. The number of nitrogens with one attached hydrogen (secondary N) is 1. The van der Waals surface area contributed by atoms with E-state index in [4.69, 9.17) is 4.74 Å². The summed E-state index contributed by atoms with van der Waals surface area (Å²) >= 11 is 0. The predicted octanol–water partition coefficient (Wildman–Crippen LogP) is 4.68. The van der Waals surface area contributed by atoms with Crippen LogP contribution < -0.4 is 5.32 Å². The summed E-state index contributed by atoms with van der Waals surface area (Å²) in [5.41, 5.74) is 4.09. The molecular weight excluding hydrogens is 356 g/mol.